The van der Waals surface area contributed by atoms with Crippen molar-refractivity contribution in [2.75, 3.05) is 5.32 Å². The van der Waals surface area contributed by atoms with Gasteiger partial charge in [0.1, 0.15) is 6.17 Å². The summed E-state index contributed by atoms with van der Waals surface area (Å²) in [5.74, 6) is -0.503. The molecule has 3 N–H and O–H groups in total. The van der Waals surface area contributed by atoms with Gasteiger partial charge in [-0.3, -0.25) is 9.78 Å². The van der Waals surface area contributed by atoms with E-state index in [2.05, 4.69) is 20.6 Å². The number of guanidine groups is 1. The van der Waals surface area contributed by atoms with Gasteiger partial charge in [0.15, 0.2) is 5.03 Å². The number of aliphatic imine (C=N–C) groups is 1. The number of carbonyl (C=O) groups is 1. The van der Waals surface area contributed by atoms with Gasteiger partial charge in [-0.2, -0.15) is 0 Å². The summed E-state index contributed by atoms with van der Waals surface area (Å²) >= 11 is 5.85. The van der Waals surface area contributed by atoms with E-state index in [-0.39, 0.29) is 11.9 Å². The molecule has 10 heteroatoms. The molecule has 0 spiro atoms. The molecule has 1 heterocycles. The number of aromatic nitrogens is 1. The highest BCUT2D eigenvalue weighted by Crippen LogP contribution is 2.21. The third kappa shape index (κ3) is 6.51. The molecule has 9 nitrogen and oxygen atoms in total. The van der Waals surface area contributed by atoms with Crippen LogP contribution in [0.15, 0.2) is 53.8 Å². The number of pyridine rings is 1. The van der Waals surface area contributed by atoms with Crippen LogP contribution >= 0.6 is 11.6 Å². The van der Waals surface area contributed by atoms with Crippen LogP contribution in [-0.4, -0.2) is 28.0 Å². The molecule has 0 bridgehead atoms. The minimum atomic E-state index is -0.762. The van der Waals surface area contributed by atoms with Gasteiger partial charge in [0.2, 0.25) is 0 Å². The average Bonchev–Trinajstić information content (AvgIpc) is 2.61. The van der Waals surface area contributed by atoms with Crippen LogP contribution in [0.4, 0.5) is 5.69 Å². The molecule has 0 aliphatic rings. The monoisotopic (exact) mass is 404 g/mol. The van der Waals surface area contributed by atoms with E-state index in [1.165, 1.54) is 6.20 Å². The SMILES string of the molecule is CC(C)(C)C(/N=C(/Nc1cccnc1)N[N+](=O)[O-])NC(=O)c1ccc(Cl)cc1. The lowest BCUT2D eigenvalue weighted by Gasteiger charge is -2.28. The van der Waals surface area contributed by atoms with Crippen LogP contribution in [0.5, 0.6) is 0 Å². The Balaban J connectivity index is 2.28. The van der Waals surface area contributed by atoms with Gasteiger partial charge in [0, 0.05) is 22.2 Å². The van der Waals surface area contributed by atoms with Crippen LogP contribution in [0.25, 0.3) is 0 Å². The van der Waals surface area contributed by atoms with Crippen molar-refractivity contribution in [3.63, 3.8) is 0 Å². The standard InChI is InChI=1S/C18H21ClN6O3/c1-18(2,3)16(22-15(26)12-6-8-13(19)9-7-12)23-17(24-25(27)28)21-14-5-4-10-20-11-14/h4-11,16H,1-3H3,(H,22,26)(H2,21,23,24). The molecule has 1 atom stereocenters. The van der Waals surface area contributed by atoms with Gasteiger partial charge in [0.25, 0.3) is 11.9 Å². The molecule has 0 radical (unpaired) electrons. The van der Waals surface area contributed by atoms with Crippen molar-refractivity contribution in [1.29, 1.82) is 0 Å². The Morgan fingerprint density at radius 1 is 1.25 bits per heavy atom. The molecule has 0 saturated carbocycles. The second-order valence-corrected chi connectivity index (χ2v) is 7.40. The summed E-state index contributed by atoms with van der Waals surface area (Å²) in [4.78, 5) is 31.8. The fraction of sp³-hybridized carbons (Fsp3) is 0.278. The number of nitro groups is 1. The fourth-order valence-corrected chi connectivity index (χ4v) is 2.26. The lowest BCUT2D eigenvalue weighted by Crippen LogP contribution is -2.46. The van der Waals surface area contributed by atoms with Crippen LogP contribution < -0.4 is 16.1 Å². The summed E-state index contributed by atoms with van der Waals surface area (Å²) in [6, 6.07) is 9.75. The summed E-state index contributed by atoms with van der Waals surface area (Å²) in [7, 11) is 0. The Morgan fingerprint density at radius 3 is 2.46 bits per heavy atom. The molecule has 1 unspecified atom stereocenters. The first-order valence-corrected chi connectivity index (χ1v) is 8.75. The molecule has 0 aliphatic carbocycles. The number of rotatable bonds is 5. The van der Waals surface area contributed by atoms with E-state index in [0.717, 1.165) is 0 Å². The molecule has 1 amide bonds. The second-order valence-electron chi connectivity index (χ2n) is 6.96. The van der Waals surface area contributed by atoms with Crippen molar-refractivity contribution in [2.24, 2.45) is 10.4 Å². The van der Waals surface area contributed by atoms with E-state index >= 15 is 0 Å². The first-order valence-electron chi connectivity index (χ1n) is 8.37. The number of nitrogens with zero attached hydrogens (tertiary/aromatic N) is 3. The zero-order chi connectivity index (χ0) is 20.7. The van der Waals surface area contributed by atoms with Crippen LogP contribution in [0.3, 0.4) is 0 Å². The molecule has 28 heavy (non-hydrogen) atoms. The molecule has 0 fully saturated rings. The maximum Gasteiger partial charge on any atom is 0.260 e. The van der Waals surface area contributed by atoms with Crippen LogP contribution in [-0.2, 0) is 0 Å². The minimum absolute atomic E-state index is 0.130. The number of anilines is 1. The fourth-order valence-electron chi connectivity index (χ4n) is 2.13. The Bertz CT molecular complexity index is 850. The molecule has 1 aromatic heterocycles. The van der Waals surface area contributed by atoms with E-state index in [1.54, 1.807) is 42.6 Å². The summed E-state index contributed by atoms with van der Waals surface area (Å²) in [5.41, 5.74) is 2.40. The van der Waals surface area contributed by atoms with E-state index in [1.807, 2.05) is 26.2 Å². The number of hydrogen-bond donors (Lipinski definition) is 3. The van der Waals surface area contributed by atoms with E-state index < -0.39 is 16.6 Å². The predicted octanol–water partition coefficient (Wildman–Crippen LogP) is 3.09. The van der Waals surface area contributed by atoms with Crippen molar-refractivity contribution in [3.05, 3.63) is 69.5 Å². The summed E-state index contributed by atoms with van der Waals surface area (Å²) in [6.07, 6.45) is 2.31. The first-order chi connectivity index (χ1) is 13.1. The van der Waals surface area contributed by atoms with Crippen molar-refractivity contribution < 1.29 is 9.83 Å². The highest BCUT2D eigenvalue weighted by Gasteiger charge is 2.27. The quantitative estimate of drug-likeness (QED) is 0.304. The second kappa shape index (κ2) is 9.14. The van der Waals surface area contributed by atoms with E-state index in [4.69, 9.17) is 11.6 Å². The summed E-state index contributed by atoms with van der Waals surface area (Å²) in [5, 5.41) is 16.3. The Morgan fingerprint density at radius 2 is 1.93 bits per heavy atom. The topological polar surface area (TPSA) is 122 Å². The number of benzene rings is 1. The Kier molecular flexibility index (Phi) is 6.89. The number of hydrazine groups is 1. The van der Waals surface area contributed by atoms with E-state index in [9.17, 15) is 14.9 Å². The predicted molar refractivity (Wildman–Crippen MR) is 108 cm³/mol. The van der Waals surface area contributed by atoms with Gasteiger partial charge in [-0.25, -0.2) is 15.1 Å². The zero-order valence-electron chi connectivity index (χ0n) is 15.6. The van der Waals surface area contributed by atoms with Crippen LogP contribution in [0.2, 0.25) is 5.02 Å². The molecular weight excluding hydrogens is 384 g/mol. The number of halogens is 1. The molecule has 1 aromatic carbocycles. The van der Waals surface area contributed by atoms with Crippen LogP contribution in [0, 0.1) is 15.5 Å². The first kappa shape index (κ1) is 21.1. The third-order valence-corrected chi connectivity index (χ3v) is 3.83. The molecule has 2 rings (SSSR count). The number of carbonyl (C=O) groups excluding carboxylic acids is 1. The molecule has 2 aromatic rings. The Hall–Kier alpha value is -3.20. The third-order valence-electron chi connectivity index (χ3n) is 3.57. The van der Waals surface area contributed by atoms with Crippen molar-refractivity contribution >= 4 is 29.2 Å². The van der Waals surface area contributed by atoms with Gasteiger partial charge in [-0.15, -0.1) is 0 Å². The summed E-state index contributed by atoms with van der Waals surface area (Å²) in [6.45, 7) is 5.57. The smallest absolute Gasteiger partial charge is 0.260 e. The van der Waals surface area contributed by atoms with E-state index in [0.29, 0.717) is 16.3 Å². The zero-order valence-corrected chi connectivity index (χ0v) is 16.4. The number of hydrogen-bond acceptors (Lipinski definition) is 5. The van der Waals surface area contributed by atoms with Gasteiger partial charge in [0.05, 0.1) is 11.9 Å². The highest BCUT2D eigenvalue weighted by atomic mass is 35.5. The van der Waals surface area contributed by atoms with Crippen LogP contribution in [0.1, 0.15) is 31.1 Å². The largest absolute Gasteiger partial charge is 0.330 e. The van der Waals surface area contributed by atoms with Crippen molar-refractivity contribution in [2.45, 2.75) is 26.9 Å². The molecule has 148 valence electrons. The number of nitrogens with one attached hydrogen (secondary N) is 3. The normalized spacial score (nSPS) is 12.8. The maximum absolute atomic E-state index is 12.6. The highest BCUT2D eigenvalue weighted by molar-refractivity contribution is 6.30. The van der Waals surface area contributed by atoms with Gasteiger partial charge in [-0.1, -0.05) is 37.8 Å². The van der Waals surface area contributed by atoms with Gasteiger partial charge >= 0.3 is 0 Å². The minimum Gasteiger partial charge on any atom is -0.330 e. The lowest BCUT2D eigenvalue weighted by molar-refractivity contribution is -0.525. The number of amides is 1. The van der Waals surface area contributed by atoms with Gasteiger partial charge in [-0.05, 0) is 36.4 Å². The van der Waals surface area contributed by atoms with Gasteiger partial charge < -0.3 is 10.6 Å². The summed E-state index contributed by atoms with van der Waals surface area (Å²) < 4.78 is 0. The maximum atomic E-state index is 12.6. The average molecular weight is 405 g/mol. The lowest BCUT2D eigenvalue weighted by atomic mass is 9.92. The molecule has 0 aliphatic heterocycles. The molecule has 0 saturated heterocycles. The molecular formula is C18H21ClN6O3. The van der Waals surface area contributed by atoms with Crippen molar-refractivity contribution in [3.8, 4) is 0 Å². The Labute approximate surface area is 167 Å². The van der Waals surface area contributed by atoms with Crippen molar-refractivity contribution in [1.82, 2.24) is 15.7 Å².